The van der Waals surface area contributed by atoms with Gasteiger partial charge in [-0.3, -0.25) is 9.59 Å². The zero-order valence-electron chi connectivity index (χ0n) is 55.8. The number of nitrogens with one attached hydrogen (secondary N) is 1. The van der Waals surface area contributed by atoms with E-state index in [1.54, 1.807) is 0 Å². The van der Waals surface area contributed by atoms with Gasteiger partial charge in [0.15, 0.2) is 0 Å². The van der Waals surface area contributed by atoms with Crippen LogP contribution in [0.5, 0.6) is 0 Å². The summed E-state index contributed by atoms with van der Waals surface area (Å²) < 4.78 is 5.48. The molecule has 0 aromatic rings. The second kappa shape index (κ2) is 71.8. The van der Waals surface area contributed by atoms with E-state index >= 15 is 0 Å². The molecule has 2 atom stereocenters. The van der Waals surface area contributed by atoms with Gasteiger partial charge < -0.3 is 20.3 Å². The van der Waals surface area contributed by atoms with Gasteiger partial charge in [0.05, 0.1) is 25.4 Å². The van der Waals surface area contributed by atoms with Crippen LogP contribution in [0.25, 0.3) is 0 Å². The Morgan fingerprint density at radius 2 is 0.573 bits per heavy atom. The lowest BCUT2D eigenvalue weighted by Gasteiger charge is -2.22. The minimum absolute atomic E-state index is 0.00720. The van der Waals surface area contributed by atoms with Crippen LogP contribution in [-0.4, -0.2) is 47.4 Å². The molecule has 6 heteroatoms. The molecule has 0 bridgehead atoms. The van der Waals surface area contributed by atoms with E-state index in [0.29, 0.717) is 25.9 Å². The normalized spacial score (nSPS) is 12.6. The molecular formula is C76H147NO5. The highest BCUT2D eigenvalue weighted by molar-refractivity contribution is 5.76. The number of rotatable bonds is 71. The van der Waals surface area contributed by atoms with E-state index in [-0.39, 0.29) is 18.5 Å². The standard InChI is InChI=1S/C76H147NO5/c1-3-5-7-9-11-13-15-17-18-19-20-21-22-30-33-36-39-42-45-48-52-56-60-64-68-74(79)73(72-78)77-75(80)69-65-61-57-53-49-46-43-40-37-34-31-28-26-24-23-25-27-29-32-35-38-41-44-47-51-55-59-63-67-71-82-76(81)70-66-62-58-54-50-16-14-12-10-8-6-4-2/h12,14,23,25,73-74,78-79H,3-11,13,15-22,24,26-72H2,1-2H3,(H,77,80)/b14-12-,25-23-. The number of aliphatic hydroxyl groups is 2. The summed E-state index contributed by atoms with van der Waals surface area (Å²) in [6.07, 6.45) is 91.1. The first-order valence-electron chi connectivity index (χ1n) is 37.6. The predicted molar refractivity (Wildman–Crippen MR) is 361 cm³/mol. The van der Waals surface area contributed by atoms with Gasteiger partial charge in [-0.1, -0.05) is 359 Å². The Kier molecular flexibility index (Phi) is 70.4. The number of hydrogen-bond donors (Lipinski definition) is 3. The Labute approximate surface area is 513 Å². The van der Waals surface area contributed by atoms with Gasteiger partial charge in [0, 0.05) is 12.8 Å². The average molecular weight is 1160 g/mol. The first-order valence-corrected chi connectivity index (χ1v) is 37.6. The van der Waals surface area contributed by atoms with E-state index in [9.17, 15) is 19.8 Å². The summed E-state index contributed by atoms with van der Waals surface area (Å²) in [5.41, 5.74) is 0. The quantitative estimate of drug-likeness (QED) is 0.0320. The molecule has 0 fully saturated rings. The fourth-order valence-electron chi connectivity index (χ4n) is 12.0. The Morgan fingerprint density at radius 3 is 0.890 bits per heavy atom. The smallest absolute Gasteiger partial charge is 0.305 e. The molecule has 6 nitrogen and oxygen atoms in total. The summed E-state index contributed by atoms with van der Waals surface area (Å²) in [5.74, 6) is -0.0216. The average Bonchev–Trinajstić information content (AvgIpc) is 3.48. The van der Waals surface area contributed by atoms with Crippen LogP contribution < -0.4 is 5.32 Å². The molecule has 0 saturated carbocycles. The molecule has 1 amide bonds. The molecule has 3 N–H and O–H groups in total. The number of esters is 1. The van der Waals surface area contributed by atoms with Gasteiger partial charge >= 0.3 is 5.97 Å². The van der Waals surface area contributed by atoms with Crippen molar-refractivity contribution >= 4 is 11.9 Å². The van der Waals surface area contributed by atoms with E-state index in [1.807, 2.05) is 0 Å². The van der Waals surface area contributed by atoms with Crippen molar-refractivity contribution < 1.29 is 24.5 Å². The molecule has 486 valence electrons. The molecule has 82 heavy (non-hydrogen) atoms. The zero-order valence-corrected chi connectivity index (χ0v) is 55.8. The molecular weight excluding hydrogens is 1010 g/mol. The summed E-state index contributed by atoms with van der Waals surface area (Å²) in [6, 6.07) is -0.542. The lowest BCUT2D eigenvalue weighted by atomic mass is 10.0. The molecule has 0 rings (SSSR count). The van der Waals surface area contributed by atoms with Crippen LogP contribution in [0.2, 0.25) is 0 Å². The maximum atomic E-state index is 12.6. The maximum absolute atomic E-state index is 12.6. The molecule has 0 saturated heterocycles. The van der Waals surface area contributed by atoms with Crippen LogP contribution >= 0.6 is 0 Å². The monoisotopic (exact) mass is 1150 g/mol. The number of allylic oxidation sites excluding steroid dienone is 4. The van der Waals surface area contributed by atoms with Gasteiger partial charge in [0.2, 0.25) is 5.91 Å². The van der Waals surface area contributed by atoms with Crippen molar-refractivity contribution in [1.29, 1.82) is 0 Å². The largest absolute Gasteiger partial charge is 0.466 e. The number of amides is 1. The van der Waals surface area contributed by atoms with Crippen molar-refractivity contribution in [3.63, 3.8) is 0 Å². The van der Waals surface area contributed by atoms with Crippen LogP contribution in [0.1, 0.15) is 425 Å². The topological polar surface area (TPSA) is 95.9 Å². The maximum Gasteiger partial charge on any atom is 0.305 e. The second-order valence-electron chi connectivity index (χ2n) is 26.0. The van der Waals surface area contributed by atoms with Gasteiger partial charge in [-0.25, -0.2) is 0 Å². The number of hydrogen-bond acceptors (Lipinski definition) is 5. The number of ether oxygens (including phenoxy) is 1. The van der Waals surface area contributed by atoms with Crippen molar-refractivity contribution in [3.8, 4) is 0 Å². The third-order valence-corrected chi connectivity index (χ3v) is 17.7. The summed E-state index contributed by atoms with van der Waals surface area (Å²) >= 11 is 0. The van der Waals surface area contributed by atoms with Crippen LogP contribution in [0.4, 0.5) is 0 Å². The van der Waals surface area contributed by atoms with Crippen LogP contribution in [0.15, 0.2) is 24.3 Å². The van der Waals surface area contributed by atoms with Crippen molar-refractivity contribution in [2.24, 2.45) is 0 Å². The minimum atomic E-state index is -0.665. The summed E-state index contributed by atoms with van der Waals surface area (Å²) in [7, 11) is 0. The summed E-state index contributed by atoms with van der Waals surface area (Å²) in [4.78, 5) is 24.6. The van der Waals surface area contributed by atoms with Crippen molar-refractivity contribution in [2.75, 3.05) is 13.2 Å². The first kappa shape index (κ1) is 80.3. The van der Waals surface area contributed by atoms with Crippen LogP contribution in [-0.2, 0) is 14.3 Å². The zero-order chi connectivity index (χ0) is 59.2. The number of carbonyl (C=O) groups excluding carboxylic acids is 2. The summed E-state index contributed by atoms with van der Waals surface area (Å²) in [6.45, 7) is 4.97. The Hall–Kier alpha value is -1.66. The van der Waals surface area contributed by atoms with E-state index < -0.39 is 12.1 Å². The third-order valence-electron chi connectivity index (χ3n) is 17.7. The second-order valence-corrected chi connectivity index (χ2v) is 26.0. The molecule has 0 aromatic carbocycles. The molecule has 0 aliphatic rings. The van der Waals surface area contributed by atoms with Gasteiger partial charge in [-0.2, -0.15) is 0 Å². The highest BCUT2D eigenvalue weighted by Crippen LogP contribution is 2.19. The molecule has 0 aromatic heterocycles. The molecule has 0 aliphatic carbocycles. The number of unbranched alkanes of at least 4 members (excludes halogenated alkanes) is 56. The van der Waals surface area contributed by atoms with E-state index in [1.165, 1.54) is 347 Å². The van der Waals surface area contributed by atoms with Crippen molar-refractivity contribution in [3.05, 3.63) is 24.3 Å². The highest BCUT2D eigenvalue weighted by Gasteiger charge is 2.20. The highest BCUT2D eigenvalue weighted by atomic mass is 16.5. The van der Waals surface area contributed by atoms with Gasteiger partial charge in [0.1, 0.15) is 0 Å². The lowest BCUT2D eigenvalue weighted by Crippen LogP contribution is -2.45. The Morgan fingerprint density at radius 1 is 0.329 bits per heavy atom. The van der Waals surface area contributed by atoms with Crippen LogP contribution in [0, 0.1) is 0 Å². The molecule has 0 aliphatic heterocycles. The van der Waals surface area contributed by atoms with Crippen LogP contribution in [0.3, 0.4) is 0 Å². The van der Waals surface area contributed by atoms with Gasteiger partial charge in [-0.15, -0.1) is 0 Å². The number of carbonyl (C=O) groups is 2. The van der Waals surface area contributed by atoms with Crippen molar-refractivity contribution in [1.82, 2.24) is 5.32 Å². The Bertz CT molecular complexity index is 1280. The van der Waals surface area contributed by atoms with E-state index in [0.717, 1.165) is 44.9 Å². The summed E-state index contributed by atoms with van der Waals surface area (Å²) in [5, 5.41) is 23.5. The Balaban J connectivity index is 3.38. The molecule has 0 heterocycles. The molecule has 0 radical (unpaired) electrons. The van der Waals surface area contributed by atoms with Gasteiger partial charge in [0.25, 0.3) is 0 Å². The molecule has 0 spiro atoms. The fourth-order valence-corrected chi connectivity index (χ4v) is 12.0. The number of aliphatic hydroxyl groups excluding tert-OH is 2. The fraction of sp³-hybridized carbons (Fsp3) is 0.921. The SMILES string of the molecule is CCCCC/C=C\CCCCCCCC(=O)OCCCCCCCCCCCCCC/C=C\CCCCCCCCCCCCCCCC(=O)NC(CO)C(O)CCCCCCCCCCCCCCCCCCCCCCCCCC. The molecule has 2 unspecified atom stereocenters. The predicted octanol–water partition coefficient (Wildman–Crippen LogP) is 24.5. The van der Waals surface area contributed by atoms with E-state index in [4.69, 9.17) is 4.74 Å². The third kappa shape index (κ3) is 67.5. The van der Waals surface area contributed by atoms with Crippen molar-refractivity contribution in [2.45, 2.75) is 437 Å². The lowest BCUT2D eigenvalue weighted by molar-refractivity contribution is -0.143. The minimum Gasteiger partial charge on any atom is -0.466 e. The first-order chi connectivity index (χ1) is 40.5. The van der Waals surface area contributed by atoms with Gasteiger partial charge in [-0.05, 0) is 77.0 Å². The van der Waals surface area contributed by atoms with E-state index in [2.05, 4.69) is 43.5 Å².